The molecule has 1 atom stereocenters. The molecule has 0 spiro atoms. The molecular weight excluding hydrogens is 548 g/mol. The molecule has 0 unspecified atom stereocenters. The van der Waals surface area contributed by atoms with Crippen molar-refractivity contribution in [3.05, 3.63) is 125 Å². The predicted molar refractivity (Wildman–Crippen MR) is 176 cm³/mol. The summed E-state index contributed by atoms with van der Waals surface area (Å²) < 4.78 is 5.34. The van der Waals surface area contributed by atoms with E-state index in [2.05, 4.69) is 27.3 Å². The molecule has 5 aromatic rings. The third kappa shape index (κ3) is 6.53. The van der Waals surface area contributed by atoms with Crippen molar-refractivity contribution in [1.82, 2.24) is 15.2 Å². The van der Waals surface area contributed by atoms with Crippen molar-refractivity contribution in [2.75, 3.05) is 20.2 Å². The summed E-state index contributed by atoms with van der Waals surface area (Å²) in [6, 6.07) is 31.0. The first kappa shape index (κ1) is 29.2. The van der Waals surface area contributed by atoms with Crippen LogP contribution in [0.4, 0.5) is 5.69 Å². The van der Waals surface area contributed by atoms with Crippen molar-refractivity contribution in [1.29, 1.82) is 0 Å². The van der Waals surface area contributed by atoms with Crippen LogP contribution in [-0.2, 0) is 6.54 Å². The Bertz CT molecular complexity index is 1770. The number of methoxy groups -OCH3 is 1. The number of benzene rings is 4. The molecule has 1 aliphatic rings. The van der Waals surface area contributed by atoms with Crippen LogP contribution in [0.3, 0.4) is 0 Å². The number of hydrogen-bond donors (Lipinski definition) is 3. The maximum Gasteiger partial charge on any atom is 0.251 e. The predicted octanol–water partition coefficient (Wildman–Crippen LogP) is 7.53. The molecule has 1 fully saturated rings. The van der Waals surface area contributed by atoms with E-state index < -0.39 is 0 Å². The Morgan fingerprint density at radius 1 is 0.932 bits per heavy atom. The molecule has 7 heteroatoms. The zero-order chi connectivity index (χ0) is 30.5. The molecule has 1 aliphatic heterocycles. The Morgan fingerprint density at radius 3 is 2.45 bits per heavy atom. The molecule has 0 bridgehead atoms. The first-order valence-corrected chi connectivity index (χ1v) is 15.2. The topological polar surface area (TPSA) is 89.9 Å². The normalized spacial score (nSPS) is 14.8. The number of amides is 1. The lowest BCUT2D eigenvalue weighted by atomic mass is 9.99. The average molecular weight is 587 g/mol. The highest BCUT2D eigenvalue weighted by Gasteiger charge is 2.21. The van der Waals surface area contributed by atoms with E-state index in [1.807, 2.05) is 85.8 Å². The smallest absolute Gasteiger partial charge is 0.251 e. The lowest BCUT2D eigenvalue weighted by molar-refractivity contribution is 0.0940. The molecule has 0 saturated carbocycles. The van der Waals surface area contributed by atoms with Crippen molar-refractivity contribution in [3.63, 3.8) is 0 Å². The van der Waals surface area contributed by atoms with Gasteiger partial charge in [0.1, 0.15) is 5.75 Å². The number of hydrogen-bond acceptors (Lipinski definition) is 5. The van der Waals surface area contributed by atoms with E-state index in [-0.39, 0.29) is 17.8 Å². The van der Waals surface area contributed by atoms with Crippen molar-refractivity contribution in [2.24, 2.45) is 4.99 Å². The lowest BCUT2D eigenvalue weighted by Gasteiger charge is -2.26. The lowest BCUT2D eigenvalue weighted by Crippen LogP contribution is -2.28. The molecule has 2 heterocycles. The molecule has 7 nitrogen and oxygen atoms in total. The third-order valence-corrected chi connectivity index (χ3v) is 8.30. The SMILES string of the molecule is COc1cccc([C@H](C)NC(=O)c2ccc3[nH]c(O)c(C(=Nc4ccc(CN5CCCCC5)cc4)c4ccccc4)c3c2)c1. The van der Waals surface area contributed by atoms with Gasteiger partial charge in [-0.1, -0.05) is 61.0 Å². The van der Waals surface area contributed by atoms with Crippen molar-refractivity contribution in [2.45, 2.75) is 38.8 Å². The number of nitrogens with zero attached hydrogens (tertiary/aromatic N) is 2. The van der Waals surface area contributed by atoms with Gasteiger partial charge in [0, 0.05) is 28.6 Å². The molecule has 0 aliphatic carbocycles. The number of carbonyl (C=O) groups excluding carboxylic acids is 1. The van der Waals surface area contributed by atoms with E-state index >= 15 is 0 Å². The van der Waals surface area contributed by atoms with Crippen LogP contribution in [0.2, 0.25) is 0 Å². The largest absolute Gasteiger partial charge is 0.497 e. The van der Waals surface area contributed by atoms with Crippen LogP contribution in [0.15, 0.2) is 102 Å². The summed E-state index contributed by atoms with van der Waals surface area (Å²) in [7, 11) is 1.63. The van der Waals surface area contributed by atoms with Crippen LogP contribution in [0.1, 0.15) is 64.8 Å². The fraction of sp³-hybridized carbons (Fsp3) is 0.243. The number of H-pyrrole nitrogens is 1. The van der Waals surface area contributed by atoms with Gasteiger partial charge in [-0.05, 0) is 86.4 Å². The summed E-state index contributed by atoms with van der Waals surface area (Å²) in [6.45, 7) is 5.19. The molecular formula is C37H38N4O3. The first-order chi connectivity index (χ1) is 21.5. The fourth-order valence-corrected chi connectivity index (χ4v) is 5.87. The van der Waals surface area contributed by atoms with Gasteiger partial charge in [0.15, 0.2) is 5.88 Å². The maximum atomic E-state index is 13.4. The zero-order valence-electron chi connectivity index (χ0n) is 25.2. The second-order valence-electron chi connectivity index (χ2n) is 11.4. The number of fused-ring (bicyclic) bond motifs is 1. The fourth-order valence-electron chi connectivity index (χ4n) is 5.87. The van der Waals surface area contributed by atoms with Gasteiger partial charge in [-0.2, -0.15) is 0 Å². The molecule has 44 heavy (non-hydrogen) atoms. The summed E-state index contributed by atoms with van der Waals surface area (Å²) in [5.41, 5.74) is 6.25. The van der Waals surface area contributed by atoms with E-state index in [4.69, 9.17) is 9.73 Å². The number of aromatic nitrogens is 1. The van der Waals surface area contributed by atoms with Gasteiger partial charge in [-0.3, -0.25) is 9.69 Å². The molecule has 1 amide bonds. The minimum absolute atomic E-state index is 0.00614. The van der Waals surface area contributed by atoms with E-state index in [9.17, 15) is 9.90 Å². The Labute approximate surface area is 258 Å². The van der Waals surface area contributed by atoms with Gasteiger partial charge < -0.3 is 20.1 Å². The quantitative estimate of drug-likeness (QED) is 0.156. The third-order valence-electron chi connectivity index (χ3n) is 8.30. The summed E-state index contributed by atoms with van der Waals surface area (Å²) in [5, 5.41) is 15.0. The number of aromatic amines is 1. The minimum atomic E-state index is -0.230. The van der Waals surface area contributed by atoms with Crippen LogP contribution in [-0.4, -0.2) is 46.8 Å². The molecule has 0 radical (unpaired) electrons. The van der Waals surface area contributed by atoms with Gasteiger partial charge in [0.05, 0.1) is 30.1 Å². The van der Waals surface area contributed by atoms with Crippen LogP contribution in [0.25, 0.3) is 10.9 Å². The summed E-state index contributed by atoms with van der Waals surface area (Å²) in [5.74, 6) is 0.532. The molecule has 1 aromatic heterocycles. The highest BCUT2D eigenvalue weighted by Crippen LogP contribution is 2.32. The van der Waals surface area contributed by atoms with Crippen LogP contribution in [0, 0.1) is 0 Å². The number of aliphatic imine (C=N–C) groups is 1. The average Bonchev–Trinajstić information content (AvgIpc) is 3.39. The van der Waals surface area contributed by atoms with Crippen molar-refractivity contribution in [3.8, 4) is 11.6 Å². The van der Waals surface area contributed by atoms with Crippen LogP contribution in [0.5, 0.6) is 11.6 Å². The van der Waals surface area contributed by atoms with Gasteiger partial charge in [0.2, 0.25) is 0 Å². The molecule has 224 valence electrons. The van der Waals surface area contributed by atoms with Crippen molar-refractivity contribution >= 4 is 28.2 Å². The Kier molecular flexibility index (Phi) is 8.75. The zero-order valence-corrected chi connectivity index (χ0v) is 25.2. The first-order valence-electron chi connectivity index (χ1n) is 15.2. The Hall–Kier alpha value is -4.88. The highest BCUT2D eigenvalue weighted by molar-refractivity contribution is 6.22. The maximum absolute atomic E-state index is 13.4. The van der Waals surface area contributed by atoms with Crippen molar-refractivity contribution < 1.29 is 14.6 Å². The number of rotatable bonds is 9. The molecule has 6 rings (SSSR count). The molecule has 4 aromatic carbocycles. The number of likely N-dealkylation sites (tertiary alicyclic amines) is 1. The summed E-state index contributed by atoms with van der Waals surface area (Å²) in [6.07, 6.45) is 3.85. The van der Waals surface area contributed by atoms with Gasteiger partial charge in [-0.15, -0.1) is 0 Å². The number of carbonyl (C=O) groups is 1. The second-order valence-corrected chi connectivity index (χ2v) is 11.4. The molecule has 1 saturated heterocycles. The Morgan fingerprint density at radius 2 is 1.70 bits per heavy atom. The summed E-state index contributed by atoms with van der Waals surface area (Å²) in [4.78, 5) is 24.1. The Balaban J connectivity index is 1.32. The number of aromatic hydroxyl groups is 1. The van der Waals surface area contributed by atoms with Crippen LogP contribution >= 0.6 is 0 Å². The van der Waals surface area contributed by atoms with E-state index in [0.717, 1.165) is 47.7 Å². The van der Waals surface area contributed by atoms with Gasteiger partial charge >= 0.3 is 0 Å². The number of piperidine rings is 1. The summed E-state index contributed by atoms with van der Waals surface area (Å²) >= 11 is 0. The van der Waals surface area contributed by atoms with Gasteiger partial charge in [-0.25, -0.2) is 4.99 Å². The van der Waals surface area contributed by atoms with E-state index in [1.54, 1.807) is 13.2 Å². The highest BCUT2D eigenvalue weighted by atomic mass is 16.5. The minimum Gasteiger partial charge on any atom is -0.497 e. The van der Waals surface area contributed by atoms with E-state index in [0.29, 0.717) is 22.2 Å². The monoisotopic (exact) mass is 586 g/mol. The number of ether oxygens (including phenoxy) is 1. The van der Waals surface area contributed by atoms with Crippen LogP contribution < -0.4 is 10.1 Å². The number of nitrogens with one attached hydrogen (secondary N) is 2. The standard InChI is InChI=1S/C37H38N4O3/c1-25(28-12-9-13-31(22-28)44-2)38-36(42)29-16-19-33-32(23-29)34(37(43)40-33)35(27-10-5-3-6-11-27)39-30-17-14-26(15-18-30)24-41-20-7-4-8-21-41/h3,5-6,9-19,22-23,25,40,43H,4,7-8,20-21,24H2,1-2H3,(H,38,42)/t25-/m0/s1. The van der Waals surface area contributed by atoms with E-state index in [1.165, 1.54) is 24.8 Å². The molecule has 3 N–H and O–H groups in total. The van der Waals surface area contributed by atoms with Gasteiger partial charge in [0.25, 0.3) is 5.91 Å². The second kappa shape index (κ2) is 13.2.